The highest BCUT2D eigenvalue weighted by Gasteiger charge is 2.34. The van der Waals surface area contributed by atoms with Gasteiger partial charge < -0.3 is 29.7 Å². The van der Waals surface area contributed by atoms with Gasteiger partial charge in [-0.15, -0.1) is 0 Å². The first-order valence-electron chi connectivity index (χ1n) is 14.8. The Kier molecular flexibility index (Phi) is 11.0. The topological polar surface area (TPSA) is 94.6 Å². The number of amides is 2. The van der Waals surface area contributed by atoms with Crippen LogP contribution in [0.5, 0.6) is 5.75 Å². The maximum absolute atomic E-state index is 13.7. The minimum Gasteiger partial charge on any atom is -0.488 e. The SMILES string of the molecule is C[C@@H]1CN([C@@H](C)CO)C(=O)c2cc(NC(=O)CCN3CCOCC3)ccc2O[C@@H]1CN(C)CC1CCCCC1. The molecule has 0 bridgehead atoms. The summed E-state index contributed by atoms with van der Waals surface area (Å²) in [6.45, 7) is 9.97. The second-order valence-electron chi connectivity index (χ2n) is 11.8. The number of ether oxygens (including phenoxy) is 2. The van der Waals surface area contributed by atoms with Crippen LogP contribution in [-0.2, 0) is 9.53 Å². The lowest BCUT2D eigenvalue weighted by molar-refractivity contribution is -0.116. The Morgan fingerprint density at radius 2 is 1.92 bits per heavy atom. The molecule has 3 atom stereocenters. The van der Waals surface area contributed by atoms with Gasteiger partial charge >= 0.3 is 0 Å². The number of hydrogen-bond acceptors (Lipinski definition) is 7. The van der Waals surface area contributed by atoms with Crippen LogP contribution in [0.2, 0.25) is 0 Å². The molecule has 1 aromatic carbocycles. The first-order chi connectivity index (χ1) is 18.8. The molecule has 1 aliphatic carbocycles. The Morgan fingerprint density at radius 1 is 1.18 bits per heavy atom. The van der Waals surface area contributed by atoms with Crippen molar-refractivity contribution in [1.82, 2.24) is 14.7 Å². The van der Waals surface area contributed by atoms with Crippen LogP contribution in [-0.4, -0.2) is 110 Å². The van der Waals surface area contributed by atoms with Crippen LogP contribution in [0.15, 0.2) is 18.2 Å². The first kappa shape index (κ1) is 29.8. The lowest BCUT2D eigenvalue weighted by Gasteiger charge is -2.38. The van der Waals surface area contributed by atoms with Crippen LogP contribution >= 0.6 is 0 Å². The third kappa shape index (κ3) is 8.39. The van der Waals surface area contributed by atoms with E-state index in [1.165, 1.54) is 32.1 Å². The molecule has 1 saturated heterocycles. The van der Waals surface area contributed by atoms with E-state index in [0.29, 0.717) is 49.7 Å². The third-order valence-electron chi connectivity index (χ3n) is 8.49. The van der Waals surface area contributed by atoms with Crippen LogP contribution in [0.3, 0.4) is 0 Å². The van der Waals surface area contributed by atoms with E-state index < -0.39 is 0 Å². The molecule has 0 unspecified atom stereocenters. The zero-order valence-electron chi connectivity index (χ0n) is 24.1. The van der Waals surface area contributed by atoms with Crippen molar-refractivity contribution in [3.63, 3.8) is 0 Å². The van der Waals surface area contributed by atoms with Gasteiger partial charge in [0.15, 0.2) is 0 Å². The minimum absolute atomic E-state index is 0.0860. The number of rotatable bonds is 10. The van der Waals surface area contributed by atoms with Crippen molar-refractivity contribution < 1.29 is 24.2 Å². The fraction of sp³-hybridized carbons (Fsp3) is 0.733. The molecule has 2 N–H and O–H groups in total. The van der Waals surface area contributed by atoms with Gasteiger partial charge in [-0.3, -0.25) is 14.5 Å². The molecule has 218 valence electrons. The van der Waals surface area contributed by atoms with E-state index in [1.54, 1.807) is 17.0 Å². The monoisotopic (exact) mass is 544 g/mol. The molecule has 2 heterocycles. The van der Waals surface area contributed by atoms with Crippen molar-refractivity contribution in [2.45, 2.75) is 64.5 Å². The van der Waals surface area contributed by atoms with Crippen molar-refractivity contribution in [3.8, 4) is 5.75 Å². The van der Waals surface area contributed by atoms with E-state index in [9.17, 15) is 14.7 Å². The maximum atomic E-state index is 13.7. The molecule has 2 fully saturated rings. The molecule has 9 heteroatoms. The van der Waals surface area contributed by atoms with Crippen molar-refractivity contribution in [2.75, 3.05) is 71.5 Å². The second-order valence-corrected chi connectivity index (χ2v) is 11.8. The molecule has 4 rings (SSSR count). The molecule has 0 spiro atoms. The number of carbonyl (C=O) groups excluding carboxylic acids is 2. The Balaban J connectivity index is 1.47. The number of benzene rings is 1. The summed E-state index contributed by atoms with van der Waals surface area (Å²) < 4.78 is 11.9. The number of fused-ring (bicyclic) bond motifs is 1. The normalized spacial score (nSPS) is 24.0. The third-order valence-corrected chi connectivity index (χ3v) is 8.49. The molecule has 2 aliphatic heterocycles. The van der Waals surface area contributed by atoms with Gasteiger partial charge in [0.05, 0.1) is 31.4 Å². The zero-order chi connectivity index (χ0) is 27.8. The lowest BCUT2D eigenvalue weighted by Crippen LogP contribution is -2.50. The number of nitrogens with zero attached hydrogens (tertiary/aromatic N) is 3. The van der Waals surface area contributed by atoms with Crippen LogP contribution in [0.4, 0.5) is 5.69 Å². The summed E-state index contributed by atoms with van der Waals surface area (Å²) in [5.74, 6) is 1.09. The summed E-state index contributed by atoms with van der Waals surface area (Å²) in [4.78, 5) is 32.7. The Hall–Kier alpha value is -2.20. The lowest BCUT2D eigenvalue weighted by atomic mass is 9.89. The molecule has 1 aromatic rings. The van der Waals surface area contributed by atoms with E-state index in [4.69, 9.17) is 9.47 Å². The number of hydrogen-bond donors (Lipinski definition) is 2. The summed E-state index contributed by atoms with van der Waals surface area (Å²) in [5.41, 5.74) is 1.00. The molecule has 39 heavy (non-hydrogen) atoms. The summed E-state index contributed by atoms with van der Waals surface area (Å²) >= 11 is 0. The number of carbonyl (C=O) groups is 2. The van der Waals surface area contributed by atoms with E-state index in [-0.39, 0.29) is 36.5 Å². The quantitative estimate of drug-likeness (QED) is 0.468. The number of likely N-dealkylation sites (N-methyl/N-ethyl adjacent to an activating group) is 1. The first-order valence-corrected chi connectivity index (χ1v) is 14.8. The number of morpholine rings is 1. The summed E-state index contributed by atoms with van der Waals surface area (Å²) in [5, 5.41) is 12.9. The van der Waals surface area contributed by atoms with Crippen LogP contribution in [0.25, 0.3) is 0 Å². The fourth-order valence-electron chi connectivity index (χ4n) is 6.02. The highest BCUT2D eigenvalue weighted by atomic mass is 16.5. The second kappa shape index (κ2) is 14.4. The largest absolute Gasteiger partial charge is 0.488 e. The number of anilines is 1. The van der Waals surface area contributed by atoms with Gasteiger partial charge in [-0.1, -0.05) is 26.2 Å². The van der Waals surface area contributed by atoms with Crippen LogP contribution < -0.4 is 10.1 Å². The molecule has 9 nitrogen and oxygen atoms in total. The van der Waals surface area contributed by atoms with Gasteiger partial charge in [-0.05, 0) is 50.9 Å². The fourth-order valence-corrected chi connectivity index (χ4v) is 6.02. The van der Waals surface area contributed by atoms with Gasteiger partial charge in [-0.25, -0.2) is 0 Å². The minimum atomic E-state index is -0.321. The molecular formula is C30H48N4O5. The average Bonchev–Trinajstić information content (AvgIpc) is 2.94. The Morgan fingerprint density at radius 3 is 2.64 bits per heavy atom. The molecule has 3 aliphatic rings. The van der Waals surface area contributed by atoms with Gasteiger partial charge in [0, 0.05) is 57.3 Å². The van der Waals surface area contributed by atoms with Gasteiger partial charge in [0.1, 0.15) is 11.9 Å². The number of nitrogens with one attached hydrogen (secondary N) is 1. The summed E-state index contributed by atoms with van der Waals surface area (Å²) in [7, 11) is 2.17. The van der Waals surface area contributed by atoms with Gasteiger partial charge in [0.2, 0.25) is 5.91 Å². The predicted molar refractivity (Wildman–Crippen MR) is 152 cm³/mol. The van der Waals surface area contributed by atoms with Crippen molar-refractivity contribution in [2.24, 2.45) is 11.8 Å². The van der Waals surface area contributed by atoms with E-state index in [2.05, 4.69) is 29.1 Å². The van der Waals surface area contributed by atoms with Gasteiger partial charge in [-0.2, -0.15) is 0 Å². The maximum Gasteiger partial charge on any atom is 0.258 e. The summed E-state index contributed by atoms with van der Waals surface area (Å²) in [6, 6.07) is 5.02. The van der Waals surface area contributed by atoms with E-state index >= 15 is 0 Å². The molecule has 0 aromatic heterocycles. The number of aliphatic hydroxyl groups is 1. The summed E-state index contributed by atoms with van der Waals surface area (Å²) in [6.07, 6.45) is 6.87. The van der Waals surface area contributed by atoms with Crippen molar-refractivity contribution in [1.29, 1.82) is 0 Å². The van der Waals surface area contributed by atoms with Crippen molar-refractivity contribution >= 4 is 17.5 Å². The highest BCUT2D eigenvalue weighted by molar-refractivity contribution is 5.99. The number of aliphatic hydroxyl groups excluding tert-OH is 1. The van der Waals surface area contributed by atoms with Crippen LogP contribution in [0.1, 0.15) is 62.7 Å². The predicted octanol–water partition coefficient (Wildman–Crippen LogP) is 3.08. The van der Waals surface area contributed by atoms with Gasteiger partial charge in [0.25, 0.3) is 5.91 Å². The Bertz CT molecular complexity index is 947. The molecular weight excluding hydrogens is 496 g/mol. The molecule has 2 amide bonds. The molecule has 0 radical (unpaired) electrons. The van der Waals surface area contributed by atoms with E-state index in [0.717, 1.165) is 32.1 Å². The van der Waals surface area contributed by atoms with Crippen LogP contribution in [0, 0.1) is 11.8 Å². The standard InChI is InChI=1S/C30H48N4O5/c1-22-18-34(23(2)21-35)30(37)26-17-25(31-29(36)11-12-33-13-15-38-16-14-33)9-10-27(26)39-28(22)20-32(3)19-24-7-5-4-6-8-24/h9-10,17,22-24,28,35H,4-8,11-16,18-21H2,1-3H3,(H,31,36)/t22-,23+,28-/m1/s1. The smallest absolute Gasteiger partial charge is 0.258 e. The average molecular weight is 545 g/mol. The molecule has 1 saturated carbocycles. The zero-order valence-corrected chi connectivity index (χ0v) is 24.1. The highest BCUT2D eigenvalue weighted by Crippen LogP contribution is 2.31. The Labute approximate surface area is 233 Å². The van der Waals surface area contributed by atoms with Crippen molar-refractivity contribution in [3.05, 3.63) is 23.8 Å². The van der Waals surface area contributed by atoms with E-state index in [1.807, 2.05) is 13.0 Å².